The van der Waals surface area contributed by atoms with Gasteiger partial charge in [0.2, 0.25) is 0 Å². The van der Waals surface area contributed by atoms with Crippen LogP contribution in [0.3, 0.4) is 0 Å². The first-order valence-electron chi connectivity index (χ1n) is 8.06. The van der Waals surface area contributed by atoms with Crippen LogP contribution in [-0.4, -0.2) is 24.2 Å². The number of benzene rings is 1. The largest absolute Gasteiger partial charge is 0.384 e. The van der Waals surface area contributed by atoms with Crippen LogP contribution >= 0.6 is 0 Å². The Morgan fingerprint density at radius 1 is 1.25 bits per heavy atom. The molecule has 1 unspecified atom stereocenters. The Morgan fingerprint density at radius 3 is 2.50 bits per heavy atom. The Bertz CT molecular complexity index is 417. The summed E-state index contributed by atoms with van der Waals surface area (Å²) in [5, 5.41) is 11.2. The molecule has 2 nitrogen and oxygen atoms in total. The van der Waals surface area contributed by atoms with E-state index in [1.807, 2.05) is 18.2 Å². The van der Waals surface area contributed by atoms with E-state index in [4.69, 9.17) is 0 Å². The average Bonchev–Trinajstić information content (AvgIpc) is 2.42. The highest BCUT2D eigenvalue weighted by atomic mass is 16.3. The molecule has 0 amide bonds. The van der Waals surface area contributed by atoms with E-state index >= 15 is 0 Å². The summed E-state index contributed by atoms with van der Waals surface area (Å²) in [6, 6.07) is 10.7. The predicted molar refractivity (Wildman–Crippen MR) is 83.7 cm³/mol. The van der Waals surface area contributed by atoms with E-state index in [0.29, 0.717) is 12.0 Å². The van der Waals surface area contributed by atoms with Crippen molar-refractivity contribution in [2.24, 2.45) is 11.8 Å². The minimum atomic E-state index is -0.651. The minimum Gasteiger partial charge on any atom is -0.384 e. The van der Waals surface area contributed by atoms with Crippen molar-refractivity contribution >= 4 is 0 Å². The second-order valence-corrected chi connectivity index (χ2v) is 7.09. The molecule has 0 aliphatic carbocycles. The number of rotatable bonds is 4. The SMILES string of the molecule is CC(C)CC[NH+]1C[C@@H](C)[C@](O)(c2ccccc2)C[C@@H]1C. The maximum absolute atomic E-state index is 11.2. The van der Waals surface area contributed by atoms with Gasteiger partial charge in [-0.05, 0) is 24.8 Å². The van der Waals surface area contributed by atoms with Crippen LogP contribution in [-0.2, 0) is 5.60 Å². The van der Waals surface area contributed by atoms with Crippen molar-refractivity contribution in [1.29, 1.82) is 0 Å². The number of nitrogens with one attached hydrogen (secondary N) is 1. The number of hydrogen-bond donors (Lipinski definition) is 2. The molecule has 1 fully saturated rings. The van der Waals surface area contributed by atoms with E-state index < -0.39 is 5.60 Å². The van der Waals surface area contributed by atoms with Crippen LogP contribution in [0.2, 0.25) is 0 Å². The van der Waals surface area contributed by atoms with Crippen molar-refractivity contribution in [1.82, 2.24) is 0 Å². The second kappa shape index (κ2) is 6.28. The Morgan fingerprint density at radius 2 is 1.90 bits per heavy atom. The highest BCUT2D eigenvalue weighted by Crippen LogP contribution is 2.35. The van der Waals surface area contributed by atoms with Crippen molar-refractivity contribution in [2.75, 3.05) is 13.1 Å². The monoisotopic (exact) mass is 276 g/mol. The van der Waals surface area contributed by atoms with Crippen molar-refractivity contribution < 1.29 is 10.0 Å². The average molecular weight is 276 g/mol. The summed E-state index contributed by atoms with van der Waals surface area (Å²) >= 11 is 0. The summed E-state index contributed by atoms with van der Waals surface area (Å²) in [5.41, 5.74) is 0.435. The molecular weight excluding hydrogens is 246 g/mol. The molecule has 1 aliphatic heterocycles. The standard InChI is InChI=1S/C18H29NO/c1-14(2)10-11-19-13-15(3)18(20,12-16(19)4)17-8-6-5-7-9-17/h5-9,14-16,20H,10-13H2,1-4H3/p+1/t15-,16+,18+/m1/s1. The Hall–Kier alpha value is -0.860. The van der Waals surface area contributed by atoms with Gasteiger partial charge < -0.3 is 10.0 Å². The highest BCUT2D eigenvalue weighted by Gasteiger charge is 2.45. The molecule has 2 rings (SSSR count). The quantitative estimate of drug-likeness (QED) is 0.866. The van der Waals surface area contributed by atoms with Gasteiger partial charge >= 0.3 is 0 Å². The number of piperidine rings is 1. The molecule has 1 aromatic carbocycles. The third-order valence-corrected chi connectivity index (χ3v) is 5.01. The van der Waals surface area contributed by atoms with Crippen LogP contribution in [0.15, 0.2) is 30.3 Å². The smallest absolute Gasteiger partial charge is 0.103 e. The number of hydrogen-bond acceptors (Lipinski definition) is 1. The normalized spacial score (nSPS) is 34.4. The fraction of sp³-hybridized carbons (Fsp3) is 0.667. The zero-order valence-electron chi connectivity index (χ0n) is 13.4. The molecule has 1 heterocycles. The van der Waals surface area contributed by atoms with Crippen molar-refractivity contribution in [3.05, 3.63) is 35.9 Å². The lowest BCUT2D eigenvalue weighted by molar-refractivity contribution is -0.936. The summed E-state index contributed by atoms with van der Waals surface area (Å²) < 4.78 is 0. The van der Waals surface area contributed by atoms with Gasteiger partial charge in [-0.3, -0.25) is 0 Å². The third-order valence-electron chi connectivity index (χ3n) is 5.01. The van der Waals surface area contributed by atoms with Crippen LogP contribution < -0.4 is 4.90 Å². The maximum Gasteiger partial charge on any atom is 0.103 e. The molecule has 2 heteroatoms. The van der Waals surface area contributed by atoms with Gasteiger partial charge in [-0.1, -0.05) is 51.1 Å². The van der Waals surface area contributed by atoms with Gasteiger partial charge in [-0.25, -0.2) is 0 Å². The highest BCUT2D eigenvalue weighted by molar-refractivity contribution is 5.23. The molecule has 1 saturated heterocycles. The molecule has 20 heavy (non-hydrogen) atoms. The molecule has 0 saturated carbocycles. The third kappa shape index (κ3) is 3.24. The molecule has 1 aromatic rings. The molecule has 112 valence electrons. The van der Waals surface area contributed by atoms with Gasteiger partial charge in [0.1, 0.15) is 5.60 Å². The van der Waals surface area contributed by atoms with Crippen LogP contribution in [0.5, 0.6) is 0 Å². The molecule has 0 aromatic heterocycles. The van der Waals surface area contributed by atoms with E-state index in [2.05, 4.69) is 39.8 Å². The first-order chi connectivity index (χ1) is 9.43. The van der Waals surface area contributed by atoms with E-state index in [1.165, 1.54) is 13.0 Å². The lowest BCUT2D eigenvalue weighted by Crippen LogP contribution is -3.17. The summed E-state index contributed by atoms with van der Waals surface area (Å²) in [6.07, 6.45) is 2.14. The predicted octanol–water partition coefficient (Wildman–Crippen LogP) is 2.23. The van der Waals surface area contributed by atoms with Crippen molar-refractivity contribution in [2.45, 2.75) is 52.2 Å². The topological polar surface area (TPSA) is 24.7 Å². The summed E-state index contributed by atoms with van der Waals surface area (Å²) in [5.74, 6) is 1.07. The Kier molecular flexibility index (Phi) is 4.87. The minimum absolute atomic E-state index is 0.309. The summed E-state index contributed by atoms with van der Waals surface area (Å²) in [6.45, 7) is 11.4. The van der Waals surface area contributed by atoms with E-state index in [9.17, 15) is 5.11 Å². The molecule has 0 bridgehead atoms. The fourth-order valence-electron chi connectivity index (χ4n) is 3.53. The Labute approximate surface area is 123 Å². The van der Waals surface area contributed by atoms with Gasteiger partial charge in [-0.15, -0.1) is 0 Å². The fourth-order valence-corrected chi connectivity index (χ4v) is 3.53. The lowest BCUT2D eigenvalue weighted by Gasteiger charge is -2.45. The number of aliphatic hydroxyl groups is 1. The second-order valence-electron chi connectivity index (χ2n) is 7.09. The van der Waals surface area contributed by atoms with Gasteiger partial charge in [0, 0.05) is 12.3 Å². The van der Waals surface area contributed by atoms with Crippen molar-refractivity contribution in [3.8, 4) is 0 Å². The first-order valence-corrected chi connectivity index (χ1v) is 8.06. The lowest BCUT2D eigenvalue weighted by atomic mass is 9.74. The molecular formula is C18H30NO+. The van der Waals surface area contributed by atoms with Crippen LogP contribution in [0.25, 0.3) is 0 Å². The van der Waals surface area contributed by atoms with Crippen LogP contribution in [0.1, 0.15) is 46.1 Å². The zero-order valence-corrected chi connectivity index (χ0v) is 13.4. The van der Waals surface area contributed by atoms with E-state index in [-0.39, 0.29) is 0 Å². The van der Waals surface area contributed by atoms with Gasteiger partial charge in [0.05, 0.1) is 19.1 Å². The van der Waals surface area contributed by atoms with Gasteiger partial charge in [-0.2, -0.15) is 0 Å². The maximum atomic E-state index is 11.2. The number of likely N-dealkylation sites (tertiary alicyclic amines) is 1. The summed E-state index contributed by atoms with van der Waals surface area (Å²) in [4.78, 5) is 1.66. The first kappa shape index (κ1) is 15.5. The molecule has 4 atom stereocenters. The van der Waals surface area contributed by atoms with E-state index in [1.54, 1.807) is 4.90 Å². The van der Waals surface area contributed by atoms with E-state index in [0.717, 1.165) is 24.4 Å². The molecule has 0 radical (unpaired) electrons. The molecule has 2 N–H and O–H groups in total. The molecule has 1 aliphatic rings. The van der Waals surface area contributed by atoms with Gasteiger partial charge in [0.25, 0.3) is 0 Å². The van der Waals surface area contributed by atoms with Crippen LogP contribution in [0, 0.1) is 11.8 Å². The van der Waals surface area contributed by atoms with Gasteiger partial charge in [0.15, 0.2) is 0 Å². The zero-order chi connectivity index (χ0) is 14.8. The Balaban J connectivity index is 2.09. The number of quaternary nitrogens is 1. The van der Waals surface area contributed by atoms with Crippen LogP contribution in [0.4, 0.5) is 0 Å². The molecule has 0 spiro atoms. The van der Waals surface area contributed by atoms with Crippen molar-refractivity contribution in [3.63, 3.8) is 0 Å². The summed E-state index contributed by atoms with van der Waals surface area (Å²) in [7, 11) is 0.